The molecule has 0 radical (unpaired) electrons. The van der Waals surface area contributed by atoms with Gasteiger partial charge in [-0.3, -0.25) is 9.69 Å². The number of rotatable bonds is 4. The fraction of sp³-hybridized carbons (Fsp3) is 0.625. The molecular weight excluding hydrogens is 140 g/mol. The number of carbonyl (C=O) groups excluding carboxylic acids is 1. The molecule has 0 aliphatic rings. The van der Waals surface area contributed by atoms with E-state index in [1.165, 1.54) is 6.08 Å². The number of carbonyl (C=O) groups is 1. The maximum Gasteiger partial charge on any atom is 0.189 e. The van der Waals surface area contributed by atoms with Crippen LogP contribution in [0, 0.1) is 0 Å². The lowest BCUT2D eigenvalue weighted by Crippen LogP contribution is -2.57. The van der Waals surface area contributed by atoms with Crippen molar-refractivity contribution in [1.82, 2.24) is 4.90 Å². The van der Waals surface area contributed by atoms with Crippen molar-refractivity contribution in [2.75, 3.05) is 14.1 Å². The quantitative estimate of drug-likeness (QED) is 0.472. The summed E-state index contributed by atoms with van der Waals surface area (Å²) in [6.07, 6.45) is 1.86. The molecule has 0 amide bonds. The van der Waals surface area contributed by atoms with E-state index in [4.69, 9.17) is 5.73 Å². The van der Waals surface area contributed by atoms with E-state index in [0.29, 0.717) is 6.42 Å². The second-order valence-electron chi connectivity index (χ2n) is 2.74. The van der Waals surface area contributed by atoms with Gasteiger partial charge in [-0.2, -0.15) is 0 Å². The summed E-state index contributed by atoms with van der Waals surface area (Å²) in [5.74, 6) is -0.134. The molecule has 0 aliphatic heterocycles. The standard InChI is InChI=1S/C8H16N2O/c1-5-7(11)8(9,6-2)10(3)4/h5H,1,6,9H2,2-4H3. The van der Waals surface area contributed by atoms with Crippen LogP contribution >= 0.6 is 0 Å². The summed E-state index contributed by atoms with van der Waals surface area (Å²) in [6, 6.07) is 0. The van der Waals surface area contributed by atoms with Crippen LogP contribution in [0.5, 0.6) is 0 Å². The van der Waals surface area contributed by atoms with Crippen LogP contribution < -0.4 is 5.73 Å². The largest absolute Gasteiger partial charge is 0.307 e. The van der Waals surface area contributed by atoms with E-state index in [9.17, 15) is 4.79 Å². The lowest BCUT2D eigenvalue weighted by molar-refractivity contribution is -0.124. The van der Waals surface area contributed by atoms with E-state index in [0.717, 1.165) is 0 Å². The molecule has 64 valence electrons. The molecule has 0 saturated carbocycles. The maximum atomic E-state index is 11.2. The molecule has 11 heavy (non-hydrogen) atoms. The molecule has 0 aromatic rings. The van der Waals surface area contributed by atoms with Gasteiger partial charge in [-0.05, 0) is 26.6 Å². The summed E-state index contributed by atoms with van der Waals surface area (Å²) >= 11 is 0. The van der Waals surface area contributed by atoms with Crippen LogP contribution in [0.4, 0.5) is 0 Å². The first-order valence-corrected chi connectivity index (χ1v) is 3.62. The SMILES string of the molecule is C=CC(=O)C(N)(CC)N(C)C. The van der Waals surface area contributed by atoms with Crippen molar-refractivity contribution < 1.29 is 4.79 Å². The Kier molecular flexibility index (Phi) is 3.42. The molecule has 1 unspecified atom stereocenters. The highest BCUT2D eigenvalue weighted by atomic mass is 16.1. The predicted molar refractivity (Wildman–Crippen MR) is 46.1 cm³/mol. The van der Waals surface area contributed by atoms with Crippen molar-refractivity contribution in [1.29, 1.82) is 0 Å². The summed E-state index contributed by atoms with van der Waals surface area (Å²) in [4.78, 5) is 12.9. The minimum atomic E-state index is -0.873. The minimum absolute atomic E-state index is 0.134. The normalized spacial score (nSPS) is 16.1. The fourth-order valence-electron chi connectivity index (χ4n) is 0.888. The average molecular weight is 156 g/mol. The van der Waals surface area contributed by atoms with Crippen LogP contribution in [0.25, 0.3) is 0 Å². The van der Waals surface area contributed by atoms with Crippen LogP contribution in [0.3, 0.4) is 0 Å². The van der Waals surface area contributed by atoms with Gasteiger partial charge in [-0.25, -0.2) is 0 Å². The van der Waals surface area contributed by atoms with E-state index >= 15 is 0 Å². The van der Waals surface area contributed by atoms with Gasteiger partial charge in [0.05, 0.1) is 0 Å². The van der Waals surface area contributed by atoms with Crippen molar-refractivity contribution >= 4 is 5.78 Å². The van der Waals surface area contributed by atoms with Crippen LogP contribution in [-0.2, 0) is 4.79 Å². The Hall–Kier alpha value is -0.670. The number of hydrogen-bond acceptors (Lipinski definition) is 3. The molecule has 1 atom stereocenters. The maximum absolute atomic E-state index is 11.2. The van der Waals surface area contributed by atoms with E-state index < -0.39 is 5.66 Å². The zero-order valence-electron chi connectivity index (χ0n) is 7.42. The molecule has 0 bridgehead atoms. The summed E-state index contributed by atoms with van der Waals surface area (Å²) in [6.45, 7) is 5.28. The van der Waals surface area contributed by atoms with E-state index in [-0.39, 0.29) is 5.78 Å². The Bertz CT molecular complexity index is 165. The van der Waals surface area contributed by atoms with E-state index in [1.807, 2.05) is 6.92 Å². The molecule has 0 aromatic carbocycles. The topological polar surface area (TPSA) is 46.3 Å². The first kappa shape index (κ1) is 10.3. The lowest BCUT2D eigenvalue weighted by Gasteiger charge is -2.32. The van der Waals surface area contributed by atoms with Gasteiger partial charge < -0.3 is 5.73 Å². The summed E-state index contributed by atoms with van der Waals surface area (Å²) in [7, 11) is 3.57. The van der Waals surface area contributed by atoms with Gasteiger partial charge in [-0.1, -0.05) is 13.5 Å². The molecule has 0 aromatic heterocycles. The number of hydrogen-bond donors (Lipinski definition) is 1. The summed E-state index contributed by atoms with van der Waals surface area (Å²) in [5, 5.41) is 0. The third-order valence-corrected chi connectivity index (χ3v) is 1.95. The summed E-state index contributed by atoms with van der Waals surface area (Å²) in [5.41, 5.74) is 4.93. The Morgan fingerprint density at radius 1 is 1.73 bits per heavy atom. The van der Waals surface area contributed by atoms with Gasteiger partial charge in [0.25, 0.3) is 0 Å². The highest BCUT2D eigenvalue weighted by Crippen LogP contribution is 2.10. The number of nitrogens with zero attached hydrogens (tertiary/aromatic N) is 1. The third kappa shape index (κ3) is 1.88. The molecule has 3 nitrogen and oxygen atoms in total. The molecule has 0 aliphatic carbocycles. The molecule has 3 heteroatoms. The van der Waals surface area contributed by atoms with Crippen LogP contribution in [-0.4, -0.2) is 30.4 Å². The van der Waals surface area contributed by atoms with Crippen molar-refractivity contribution in [3.05, 3.63) is 12.7 Å². The second kappa shape index (κ2) is 3.64. The first-order valence-electron chi connectivity index (χ1n) is 3.62. The van der Waals surface area contributed by atoms with Crippen LogP contribution in [0.15, 0.2) is 12.7 Å². The van der Waals surface area contributed by atoms with Gasteiger partial charge in [0.1, 0.15) is 5.66 Å². The van der Waals surface area contributed by atoms with Crippen molar-refractivity contribution in [3.8, 4) is 0 Å². The van der Waals surface area contributed by atoms with Gasteiger partial charge in [-0.15, -0.1) is 0 Å². The smallest absolute Gasteiger partial charge is 0.189 e. The number of nitrogens with two attached hydrogens (primary N) is 1. The molecule has 0 heterocycles. The van der Waals surface area contributed by atoms with Gasteiger partial charge in [0.2, 0.25) is 0 Å². The van der Waals surface area contributed by atoms with Gasteiger partial charge in [0.15, 0.2) is 5.78 Å². The Balaban J connectivity index is 4.58. The second-order valence-corrected chi connectivity index (χ2v) is 2.74. The lowest BCUT2D eigenvalue weighted by atomic mass is 10.0. The molecular formula is C8H16N2O. The Morgan fingerprint density at radius 2 is 2.18 bits per heavy atom. The molecule has 0 fully saturated rings. The van der Waals surface area contributed by atoms with E-state index in [2.05, 4.69) is 6.58 Å². The molecule has 2 N–H and O–H groups in total. The fourth-order valence-corrected chi connectivity index (χ4v) is 0.888. The molecule has 0 saturated heterocycles. The number of likely N-dealkylation sites (N-methyl/N-ethyl adjacent to an activating group) is 1. The summed E-state index contributed by atoms with van der Waals surface area (Å²) < 4.78 is 0. The van der Waals surface area contributed by atoms with Crippen LogP contribution in [0.2, 0.25) is 0 Å². The minimum Gasteiger partial charge on any atom is -0.307 e. The Morgan fingerprint density at radius 3 is 2.27 bits per heavy atom. The van der Waals surface area contributed by atoms with Crippen molar-refractivity contribution in [3.63, 3.8) is 0 Å². The zero-order valence-corrected chi connectivity index (χ0v) is 7.42. The molecule has 0 rings (SSSR count). The monoisotopic (exact) mass is 156 g/mol. The Labute approximate surface area is 67.9 Å². The van der Waals surface area contributed by atoms with Crippen molar-refractivity contribution in [2.45, 2.75) is 19.0 Å². The predicted octanol–water partition coefficient (Wildman–Crippen LogP) is 0.368. The number of ketones is 1. The third-order valence-electron chi connectivity index (χ3n) is 1.95. The first-order chi connectivity index (χ1) is 4.99. The highest BCUT2D eigenvalue weighted by molar-refractivity contribution is 5.96. The van der Waals surface area contributed by atoms with Crippen molar-refractivity contribution in [2.24, 2.45) is 5.73 Å². The van der Waals surface area contributed by atoms with Crippen LogP contribution in [0.1, 0.15) is 13.3 Å². The molecule has 0 spiro atoms. The average Bonchev–Trinajstić information content (AvgIpc) is 2.01. The van der Waals surface area contributed by atoms with E-state index in [1.54, 1.807) is 19.0 Å². The van der Waals surface area contributed by atoms with Gasteiger partial charge >= 0.3 is 0 Å². The van der Waals surface area contributed by atoms with Gasteiger partial charge in [0, 0.05) is 0 Å². The highest BCUT2D eigenvalue weighted by Gasteiger charge is 2.31. The zero-order chi connectivity index (χ0) is 9.07.